The smallest absolute Gasteiger partial charge is 0.449 e. The van der Waals surface area contributed by atoms with E-state index in [-0.39, 0.29) is 27.8 Å². The molecule has 1 aliphatic rings. The highest BCUT2D eigenvalue weighted by atomic mass is 19.1. The van der Waals surface area contributed by atoms with E-state index >= 15 is 4.39 Å². The first-order chi connectivity index (χ1) is 15.7. The lowest BCUT2D eigenvalue weighted by Gasteiger charge is -2.35. The van der Waals surface area contributed by atoms with Crippen molar-refractivity contribution in [3.05, 3.63) is 63.7 Å². The fourth-order valence-electron chi connectivity index (χ4n) is 3.94. The van der Waals surface area contributed by atoms with Gasteiger partial charge in [0.25, 0.3) is 0 Å². The molecule has 4 rings (SSSR count). The molecule has 2 heterocycles. The van der Waals surface area contributed by atoms with Gasteiger partial charge in [-0.05, 0) is 25.2 Å². The SMILES string of the molecule is C#Cc1c(N2CCN(C)CC2)c(F)cc2c(=O)c(OC(=O)O)cn(-c3ccc(F)cc3F)c12. The molecule has 0 amide bonds. The van der Waals surface area contributed by atoms with Crippen LogP contribution in [0.25, 0.3) is 16.6 Å². The Balaban J connectivity index is 2.10. The van der Waals surface area contributed by atoms with Gasteiger partial charge in [0.1, 0.15) is 17.5 Å². The summed E-state index contributed by atoms with van der Waals surface area (Å²) in [6.45, 7) is 2.21. The highest BCUT2D eigenvalue weighted by molar-refractivity contribution is 5.93. The molecule has 0 bridgehead atoms. The van der Waals surface area contributed by atoms with Crippen LogP contribution in [-0.4, -0.2) is 54.0 Å². The van der Waals surface area contributed by atoms with Gasteiger partial charge in [-0.3, -0.25) is 4.79 Å². The van der Waals surface area contributed by atoms with Crippen LogP contribution in [-0.2, 0) is 0 Å². The van der Waals surface area contributed by atoms with Gasteiger partial charge in [-0.25, -0.2) is 18.0 Å². The number of likely N-dealkylation sites (N-methyl/N-ethyl adjacent to an activating group) is 1. The van der Waals surface area contributed by atoms with Gasteiger partial charge in [0, 0.05) is 32.2 Å². The highest BCUT2D eigenvalue weighted by Crippen LogP contribution is 2.34. The van der Waals surface area contributed by atoms with Crippen LogP contribution in [0.15, 0.2) is 35.3 Å². The molecule has 0 aliphatic carbocycles. The standard InChI is InChI=1S/C23H18F3N3O4/c1-3-14-20-15(11-17(26)21(14)28-8-6-27(2)7-9-28)22(30)19(33-23(31)32)12-29(20)18-5-4-13(24)10-16(18)25/h1,4-5,10-12H,6-9H2,2H3,(H,31,32). The number of pyridine rings is 1. The molecule has 0 saturated carbocycles. The molecule has 10 heteroatoms. The minimum absolute atomic E-state index is 0.0164. The molecule has 1 saturated heterocycles. The number of carboxylic acid groups (broad SMARTS) is 1. The molecule has 1 aliphatic heterocycles. The minimum Gasteiger partial charge on any atom is -0.449 e. The zero-order valence-corrected chi connectivity index (χ0v) is 17.4. The number of piperazine rings is 1. The Morgan fingerprint density at radius 3 is 2.42 bits per heavy atom. The number of benzene rings is 2. The molecule has 0 spiro atoms. The second kappa shape index (κ2) is 8.52. The molecule has 0 atom stereocenters. The maximum absolute atomic E-state index is 15.3. The molecule has 0 unspecified atom stereocenters. The van der Waals surface area contributed by atoms with Crippen molar-refractivity contribution in [3.8, 4) is 23.8 Å². The average Bonchev–Trinajstić information content (AvgIpc) is 2.76. The number of hydrogen-bond acceptors (Lipinski definition) is 5. The number of halogens is 3. The number of terminal acetylenes is 1. The molecule has 1 fully saturated rings. The van der Waals surface area contributed by atoms with E-state index in [2.05, 4.69) is 15.6 Å². The van der Waals surface area contributed by atoms with Crippen molar-refractivity contribution in [1.82, 2.24) is 9.47 Å². The second-order valence-corrected chi connectivity index (χ2v) is 7.57. The molecule has 33 heavy (non-hydrogen) atoms. The normalized spacial score (nSPS) is 14.3. The highest BCUT2D eigenvalue weighted by Gasteiger charge is 2.26. The van der Waals surface area contributed by atoms with E-state index in [4.69, 9.17) is 11.5 Å². The van der Waals surface area contributed by atoms with Gasteiger partial charge < -0.3 is 24.2 Å². The number of fused-ring (bicyclic) bond motifs is 1. The Morgan fingerprint density at radius 1 is 1.12 bits per heavy atom. The van der Waals surface area contributed by atoms with E-state index in [9.17, 15) is 18.4 Å². The summed E-state index contributed by atoms with van der Waals surface area (Å²) in [6, 6.07) is 3.63. The zero-order valence-electron chi connectivity index (χ0n) is 17.4. The third-order valence-corrected chi connectivity index (χ3v) is 5.51. The first-order valence-electron chi connectivity index (χ1n) is 9.89. The maximum atomic E-state index is 15.3. The monoisotopic (exact) mass is 457 g/mol. The lowest BCUT2D eigenvalue weighted by molar-refractivity contribution is 0.144. The van der Waals surface area contributed by atoms with Crippen molar-refractivity contribution in [2.45, 2.75) is 0 Å². The number of hydrogen-bond donors (Lipinski definition) is 1. The molecule has 7 nitrogen and oxygen atoms in total. The topological polar surface area (TPSA) is 75.0 Å². The summed E-state index contributed by atoms with van der Waals surface area (Å²) in [5.74, 6) is -0.908. The summed E-state index contributed by atoms with van der Waals surface area (Å²) in [5, 5.41) is 8.69. The molecule has 2 aromatic carbocycles. The summed E-state index contributed by atoms with van der Waals surface area (Å²) in [7, 11) is 1.93. The predicted octanol–water partition coefficient (Wildman–Crippen LogP) is 3.20. The number of rotatable bonds is 3. The number of ether oxygens (including phenoxy) is 1. The van der Waals surface area contributed by atoms with Crippen LogP contribution in [0.4, 0.5) is 23.7 Å². The number of carbonyl (C=O) groups is 1. The summed E-state index contributed by atoms with van der Waals surface area (Å²) in [5.41, 5.74) is -1.14. The van der Waals surface area contributed by atoms with Crippen molar-refractivity contribution in [3.63, 3.8) is 0 Å². The largest absolute Gasteiger partial charge is 0.511 e. The van der Waals surface area contributed by atoms with Crippen LogP contribution in [0, 0.1) is 29.8 Å². The fraction of sp³-hybridized carbons (Fsp3) is 0.217. The Hall–Kier alpha value is -3.97. The van der Waals surface area contributed by atoms with Crippen molar-refractivity contribution < 1.29 is 27.8 Å². The van der Waals surface area contributed by atoms with Gasteiger partial charge in [0.15, 0.2) is 5.75 Å². The van der Waals surface area contributed by atoms with Gasteiger partial charge >= 0.3 is 6.16 Å². The van der Waals surface area contributed by atoms with Crippen LogP contribution in [0.3, 0.4) is 0 Å². The Labute approximate surface area is 186 Å². The third kappa shape index (κ3) is 3.99. The molecule has 1 aromatic heterocycles. The quantitative estimate of drug-likeness (QED) is 0.481. The Bertz CT molecular complexity index is 1370. The van der Waals surface area contributed by atoms with Gasteiger partial charge in [-0.15, -0.1) is 6.42 Å². The first-order valence-corrected chi connectivity index (χ1v) is 9.89. The molecule has 0 radical (unpaired) electrons. The second-order valence-electron chi connectivity index (χ2n) is 7.57. The lowest BCUT2D eigenvalue weighted by atomic mass is 10.0. The third-order valence-electron chi connectivity index (χ3n) is 5.51. The minimum atomic E-state index is -1.79. The van der Waals surface area contributed by atoms with Gasteiger partial charge in [-0.2, -0.15) is 0 Å². The molecule has 170 valence electrons. The zero-order chi connectivity index (χ0) is 23.9. The Morgan fingerprint density at radius 2 is 1.82 bits per heavy atom. The van der Waals surface area contributed by atoms with Gasteiger partial charge in [-0.1, -0.05) is 5.92 Å². The Kier molecular flexibility index (Phi) is 5.74. The number of nitrogens with zero attached hydrogens (tertiary/aromatic N) is 3. The van der Waals surface area contributed by atoms with Crippen LogP contribution in [0.5, 0.6) is 5.75 Å². The number of anilines is 1. The van der Waals surface area contributed by atoms with Crippen molar-refractivity contribution in [1.29, 1.82) is 0 Å². The van der Waals surface area contributed by atoms with Crippen LogP contribution in [0.1, 0.15) is 5.56 Å². The number of aromatic nitrogens is 1. The van der Waals surface area contributed by atoms with E-state index in [0.717, 1.165) is 29.0 Å². The van der Waals surface area contributed by atoms with Gasteiger partial charge in [0.05, 0.1) is 34.0 Å². The molecular formula is C23H18F3N3O4. The average molecular weight is 457 g/mol. The van der Waals surface area contributed by atoms with E-state index in [1.165, 1.54) is 0 Å². The van der Waals surface area contributed by atoms with Crippen molar-refractivity contribution in [2.24, 2.45) is 0 Å². The van der Waals surface area contributed by atoms with Gasteiger partial charge in [0.2, 0.25) is 5.43 Å². The molecular weight excluding hydrogens is 439 g/mol. The van der Waals surface area contributed by atoms with Crippen molar-refractivity contribution >= 4 is 22.7 Å². The maximum Gasteiger partial charge on any atom is 0.511 e. The van der Waals surface area contributed by atoms with E-state index in [1.54, 1.807) is 4.90 Å². The summed E-state index contributed by atoms with van der Waals surface area (Å²) in [4.78, 5) is 27.8. The summed E-state index contributed by atoms with van der Waals surface area (Å²) >= 11 is 0. The van der Waals surface area contributed by atoms with Crippen LogP contribution < -0.4 is 15.1 Å². The predicted molar refractivity (Wildman–Crippen MR) is 116 cm³/mol. The summed E-state index contributed by atoms with van der Waals surface area (Å²) in [6.07, 6.45) is 4.91. The first kappa shape index (κ1) is 22.2. The molecule has 1 N–H and O–H groups in total. The van der Waals surface area contributed by atoms with Crippen molar-refractivity contribution in [2.75, 3.05) is 38.1 Å². The summed E-state index contributed by atoms with van der Waals surface area (Å²) < 4.78 is 49.2. The molecule has 3 aromatic rings. The van der Waals surface area contributed by atoms with E-state index in [0.29, 0.717) is 32.2 Å². The fourth-order valence-corrected chi connectivity index (χ4v) is 3.94. The van der Waals surface area contributed by atoms with Crippen LogP contribution >= 0.6 is 0 Å². The van der Waals surface area contributed by atoms with Crippen LogP contribution in [0.2, 0.25) is 0 Å². The van der Waals surface area contributed by atoms with E-state index < -0.39 is 34.8 Å². The van der Waals surface area contributed by atoms with E-state index in [1.807, 2.05) is 7.05 Å². The lowest BCUT2D eigenvalue weighted by Crippen LogP contribution is -2.45.